The van der Waals surface area contributed by atoms with Gasteiger partial charge in [-0.2, -0.15) is 5.10 Å². The number of fused-ring (bicyclic) bond motifs is 3. The summed E-state index contributed by atoms with van der Waals surface area (Å²) in [5, 5.41) is 11.0. The van der Waals surface area contributed by atoms with Gasteiger partial charge in [-0.05, 0) is 43.2 Å². The van der Waals surface area contributed by atoms with E-state index in [2.05, 4.69) is 20.5 Å². The molecule has 2 aromatic heterocycles. The number of nitrogens with one attached hydrogen (secondary N) is 2. The number of hydrogen-bond acceptors (Lipinski definition) is 4. The van der Waals surface area contributed by atoms with Crippen molar-refractivity contribution in [3.05, 3.63) is 48.7 Å². The number of rotatable bonds is 6. The van der Waals surface area contributed by atoms with Gasteiger partial charge in [0.15, 0.2) is 0 Å². The van der Waals surface area contributed by atoms with E-state index in [1.807, 2.05) is 33.9 Å². The number of hydrogen-bond donors (Lipinski definition) is 2. The molecule has 1 aliphatic carbocycles. The largest absolute Gasteiger partial charge is 0.356 e. The van der Waals surface area contributed by atoms with E-state index in [0.717, 1.165) is 36.7 Å². The van der Waals surface area contributed by atoms with Crippen LogP contribution in [0.2, 0.25) is 0 Å². The monoisotopic (exact) mass is 406 g/mol. The minimum atomic E-state index is 0.0204. The Kier molecular flexibility index (Phi) is 4.98. The molecule has 8 nitrogen and oxygen atoms in total. The number of likely N-dealkylation sites (tertiary alicyclic amines) is 1. The number of aromatic amines is 1. The number of amides is 2. The molecule has 1 saturated carbocycles. The van der Waals surface area contributed by atoms with Gasteiger partial charge in [0.1, 0.15) is 0 Å². The number of H-pyrrole nitrogens is 1. The van der Waals surface area contributed by atoms with Crippen molar-refractivity contribution in [3.63, 3.8) is 0 Å². The molecule has 2 amide bonds. The molecule has 30 heavy (non-hydrogen) atoms. The molecule has 1 aromatic carbocycles. The van der Waals surface area contributed by atoms with Crippen molar-refractivity contribution in [2.45, 2.75) is 25.8 Å². The van der Waals surface area contributed by atoms with Crippen LogP contribution < -0.4 is 5.32 Å². The first-order valence-electron chi connectivity index (χ1n) is 10.7. The standard InChI is InChI=1S/C22H26N6O2/c29-21(24-7-2-9-27-10-8-23-14-27)20-15-5-6-16(20)13-28(12-15)22(30)17-3-1-4-19-18(17)11-25-26-19/h1,3-4,8,10-11,14-16,20H,2,5-7,9,12-13H2,(H,24,29)(H,25,26)/t15-,16-/m0/s1. The van der Waals surface area contributed by atoms with E-state index in [9.17, 15) is 9.59 Å². The highest BCUT2D eigenvalue weighted by molar-refractivity contribution is 6.06. The van der Waals surface area contributed by atoms with Crippen LogP contribution in [0.15, 0.2) is 43.1 Å². The lowest BCUT2D eigenvalue weighted by Gasteiger charge is -2.37. The van der Waals surface area contributed by atoms with Gasteiger partial charge in [-0.25, -0.2) is 4.98 Å². The summed E-state index contributed by atoms with van der Waals surface area (Å²) in [6.07, 6.45) is 10.1. The number of aromatic nitrogens is 4. The summed E-state index contributed by atoms with van der Waals surface area (Å²) in [5.41, 5.74) is 1.55. The second kappa shape index (κ2) is 7.93. The van der Waals surface area contributed by atoms with Gasteiger partial charge in [-0.1, -0.05) is 6.07 Å². The summed E-state index contributed by atoms with van der Waals surface area (Å²) >= 11 is 0. The van der Waals surface area contributed by atoms with Crippen LogP contribution in [0, 0.1) is 17.8 Å². The van der Waals surface area contributed by atoms with Gasteiger partial charge in [-0.15, -0.1) is 0 Å². The fourth-order valence-electron chi connectivity index (χ4n) is 5.15. The summed E-state index contributed by atoms with van der Waals surface area (Å²) in [6, 6.07) is 5.67. The molecule has 2 fully saturated rings. The quantitative estimate of drug-likeness (QED) is 0.613. The molecule has 2 N–H and O–H groups in total. The topological polar surface area (TPSA) is 95.9 Å². The summed E-state index contributed by atoms with van der Waals surface area (Å²) in [6.45, 7) is 2.81. The van der Waals surface area contributed by atoms with E-state index in [0.29, 0.717) is 25.2 Å². The summed E-state index contributed by atoms with van der Waals surface area (Å²) in [4.78, 5) is 32.0. The minimum Gasteiger partial charge on any atom is -0.356 e. The maximum atomic E-state index is 13.2. The Bertz CT molecular complexity index is 1030. The molecule has 2 atom stereocenters. The molecule has 1 saturated heterocycles. The van der Waals surface area contributed by atoms with Gasteiger partial charge < -0.3 is 14.8 Å². The van der Waals surface area contributed by atoms with Crippen LogP contribution in [0.1, 0.15) is 29.6 Å². The van der Waals surface area contributed by atoms with E-state index in [4.69, 9.17) is 0 Å². The van der Waals surface area contributed by atoms with E-state index in [1.165, 1.54) is 0 Å². The van der Waals surface area contributed by atoms with Crippen LogP contribution in [-0.4, -0.2) is 56.1 Å². The first-order valence-corrected chi connectivity index (χ1v) is 10.7. The summed E-state index contributed by atoms with van der Waals surface area (Å²) in [5.74, 6) is 0.692. The maximum Gasteiger partial charge on any atom is 0.254 e. The van der Waals surface area contributed by atoms with E-state index in [1.54, 1.807) is 18.7 Å². The Morgan fingerprint density at radius 1 is 1.20 bits per heavy atom. The van der Waals surface area contributed by atoms with Crippen molar-refractivity contribution >= 4 is 22.7 Å². The van der Waals surface area contributed by atoms with Gasteiger partial charge in [0.2, 0.25) is 5.91 Å². The SMILES string of the molecule is O=C(NCCCn1ccnc1)C1[C@H]2CC[C@H]1CN(C(=O)c1cccc3[nH]ncc13)C2. The second-order valence-corrected chi connectivity index (χ2v) is 8.42. The first-order chi connectivity index (χ1) is 14.7. The number of carbonyl (C=O) groups excluding carboxylic acids is 2. The average Bonchev–Trinajstić information content (AvgIpc) is 3.50. The molecule has 3 heterocycles. The number of nitrogens with zero attached hydrogens (tertiary/aromatic N) is 4. The van der Waals surface area contributed by atoms with Crippen LogP contribution in [0.25, 0.3) is 10.9 Å². The smallest absolute Gasteiger partial charge is 0.254 e. The van der Waals surface area contributed by atoms with E-state index in [-0.39, 0.29) is 29.6 Å². The average molecular weight is 406 g/mol. The van der Waals surface area contributed by atoms with Gasteiger partial charge in [-0.3, -0.25) is 14.7 Å². The van der Waals surface area contributed by atoms with Crippen molar-refractivity contribution in [2.75, 3.05) is 19.6 Å². The summed E-state index contributed by atoms with van der Waals surface area (Å²) in [7, 11) is 0. The van der Waals surface area contributed by atoms with Gasteiger partial charge >= 0.3 is 0 Å². The second-order valence-electron chi connectivity index (χ2n) is 8.42. The first kappa shape index (κ1) is 18.8. The van der Waals surface area contributed by atoms with Gasteiger partial charge in [0.05, 0.1) is 23.6 Å². The van der Waals surface area contributed by atoms with Crippen molar-refractivity contribution in [1.82, 2.24) is 30.0 Å². The molecule has 2 aliphatic rings. The molecular weight excluding hydrogens is 380 g/mol. The third kappa shape index (κ3) is 3.46. The third-order valence-corrected chi connectivity index (χ3v) is 6.59. The maximum absolute atomic E-state index is 13.2. The molecule has 1 aliphatic heterocycles. The Morgan fingerprint density at radius 2 is 2.03 bits per heavy atom. The number of benzene rings is 1. The number of aryl methyl sites for hydroxylation is 1. The molecule has 3 aromatic rings. The zero-order valence-corrected chi connectivity index (χ0v) is 16.8. The zero-order chi connectivity index (χ0) is 20.5. The van der Waals surface area contributed by atoms with Crippen molar-refractivity contribution < 1.29 is 9.59 Å². The lowest BCUT2D eigenvalue weighted by Crippen LogP contribution is -2.50. The van der Waals surface area contributed by atoms with Crippen LogP contribution in [0.5, 0.6) is 0 Å². The molecule has 156 valence electrons. The Hall–Kier alpha value is -3.16. The number of carbonyl (C=O) groups is 2. The lowest BCUT2D eigenvalue weighted by molar-refractivity contribution is -0.129. The predicted molar refractivity (Wildman–Crippen MR) is 112 cm³/mol. The van der Waals surface area contributed by atoms with Crippen LogP contribution in [-0.2, 0) is 11.3 Å². The fourth-order valence-corrected chi connectivity index (χ4v) is 5.15. The normalized spacial score (nSPS) is 23.1. The molecular formula is C22H26N6O2. The Labute approximate surface area is 174 Å². The molecule has 2 bridgehead atoms. The Morgan fingerprint density at radius 3 is 2.80 bits per heavy atom. The molecule has 0 spiro atoms. The predicted octanol–water partition coefficient (Wildman–Crippen LogP) is 2.06. The van der Waals surface area contributed by atoms with Crippen LogP contribution >= 0.6 is 0 Å². The van der Waals surface area contributed by atoms with Gasteiger partial charge in [0.25, 0.3) is 5.91 Å². The number of piperidine rings is 1. The van der Waals surface area contributed by atoms with Crippen molar-refractivity contribution in [2.24, 2.45) is 17.8 Å². The molecule has 5 rings (SSSR count). The van der Waals surface area contributed by atoms with Crippen LogP contribution in [0.4, 0.5) is 0 Å². The molecule has 0 radical (unpaired) electrons. The highest BCUT2D eigenvalue weighted by atomic mass is 16.2. The fraction of sp³-hybridized carbons (Fsp3) is 0.455. The number of imidazole rings is 1. The van der Waals surface area contributed by atoms with Crippen molar-refractivity contribution in [1.29, 1.82) is 0 Å². The van der Waals surface area contributed by atoms with Crippen LogP contribution in [0.3, 0.4) is 0 Å². The minimum absolute atomic E-state index is 0.0204. The molecule has 8 heteroatoms. The Balaban J connectivity index is 1.20. The van der Waals surface area contributed by atoms with Crippen molar-refractivity contribution in [3.8, 4) is 0 Å². The third-order valence-electron chi connectivity index (χ3n) is 6.59. The summed E-state index contributed by atoms with van der Waals surface area (Å²) < 4.78 is 2.01. The highest BCUT2D eigenvalue weighted by Crippen LogP contribution is 2.42. The molecule has 0 unspecified atom stereocenters. The van der Waals surface area contributed by atoms with E-state index >= 15 is 0 Å². The highest BCUT2D eigenvalue weighted by Gasteiger charge is 2.46. The lowest BCUT2D eigenvalue weighted by atomic mass is 9.84. The van der Waals surface area contributed by atoms with Gasteiger partial charge in [0, 0.05) is 49.9 Å². The van der Waals surface area contributed by atoms with E-state index < -0.39 is 0 Å². The zero-order valence-electron chi connectivity index (χ0n) is 16.8.